The molecular formula is C15H12I2O5. The van der Waals surface area contributed by atoms with E-state index in [9.17, 15) is 4.79 Å². The average molecular weight is 526 g/mol. The van der Waals surface area contributed by atoms with Crippen molar-refractivity contribution < 1.29 is 23.7 Å². The molecule has 0 atom stereocenters. The van der Waals surface area contributed by atoms with E-state index >= 15 is 0 Å². The highest BCUT2D eigenvalue weighted by Crippen LogP contribution is 2.31. The first kappa shape index (κ1) is 17.1. The molecule has 0 aliphatic carbocycles. The van der Waals surface area contributed by atoms with Crippen molar-refractivity contribution in [2.75, 3.05) is 14.2 Å². The zero-order valence-electron chi connectivity index (χ0n) is 11.8. The van der Waals surface area contributed by atoms with Crippen LogP contribution in [0, 0.1) is 7.14 Å². The predicted molar refractivity (Wildman–Crippen MR) is 98.1 cm³/mol. The van der Waals surface area contributed by atoms with Crippen LogP contribution in [0.1, 0.15) is 0 Å². The lowest BCUT2D eigenvalue weighted by molar-refractivity contribution is 0.148. The molecule has 0 aromatic heterocycles. The Kier molecular flexibility index (Phi) is 6.12. The summed E-state index contributed by atoms with van der Waals surface area (Å²) in [6, 6.07) is 10.5. The number of carbonyl (C=O) groups excluding carboxylic acids is 1. The van der Waals surface area contributed by atoms with Crippen molar-refractivity contribution in [3.63, 3.8) is 0 Å². The Morgan fingerprint density at radius 1 is 0.773 bits per heavy atom. The molecule has 0 saturated heterocycles. The molecule has 0 heterocycles. The third-order valence-corrected chi connectivity index (χ3v) is 3.98. The highest BCUT2D eigenvalue weighted by Gasteiger charge is 2.15. The van der Waals surface area contributed by atoms with Crippen LogP contribution >= 0.6 is 45.2 Å². The van der Waals surface area contributed by atoms with Gasteiger partial charge in [-0.1, -0.05) is 0 Å². The first-order valence-electron chi connectivity index (χ1n) is 6.10. The van der Waals surface area contributed by atoms with Crippen LogP contribution in [0.2, 0.25) is 0 Å². The summed E-state index contributed by atoms with van der Waals surface area (Å²) in [6.45, 7) is 0. The van der Waals surface area contributed by atoms with Gasteiger partial charge in [-0.15, -0.1) is 0 Å². The van der Waals surface area contributed by atoms with Crippen molar-refractivity contribution >= 4 is 51.3 Å². The molecule has 22 heavy (non-hydrogen) atoms. The molecule has 2 aromatic rings. The number of carbonyl (C=O) groups is 1. The molecule has 0 radical (unpaired) electrons. The van der Waals surface area contributed by atoms with E-state index in [-0.39, 0.29) is 0 Å². The van der Waals surface area contributed by atoms with Gasteiger partial charge in [0.2, 0.25) is 0 Å². The molecule has 5 nitrogen and oxygen atoms in total. The Bertz CT molecular complexity index is 630. The minimum absolute atomic E-state index is 0.295. The maximum absolute atomic E-state index is 12.0. The van der Waals surface area contributed by atoms with Crippen LogP contribution < -0.4 is 18.9 Å². The van der Waals surface area contributed by atoms with Gasteiger partial charge >= 0.3 is 6.16 Å². The first-order chi connectivity index (χ1) is 10.5. The summed E-state index contributed by atoms with van der Waals surface area (Å²) >= 11 is 4.23. The van der Waals surface area contributed by atoms with Gasteiger partial charge in [-0.25, -0.2) is 4.79 Å². The quantitative estimate of drug-likeness (QED) is 0.334. The van der Waals surface area contributed by atoms with Crippen LogP contribution in [0.25, 0.3) is 0 Å². The van der Waals surface area contributed by atoms with E-state index in [1.807, 2.05) is 12.1 Å². The lowest BCUT2D eigenvalue weighted by Crippen LogP contribution is -2.15. The molecule has 0 aliphatic heterocycles. The summed E-state index contributed by atoms with van der Waals surface area (Å²) in [6.07, 6.45) is -0.861. The van der Waals surface area contributed by atoms with Crippen molar-refractivity contribution in [3.05, 3.63) is 43.5 Å². The first-order valence-corrected chi connectivity index (χ1v) is 8.26. The van der Waals surface area contributed by atoms with Crippen LogP contribution in [-0.4, -0.2) is 20.4 Å². The van der Waals surface area contributed by atoms with Crippen molar-refractivity contribution in [1.29, 1.82) is 0 Å². The summed E-state index contributed by atoms with van der Waals surface area (Å²) in [7, 11) is 3.01. The molecule has 0 aliphatic rings. The fourth-order valence-electron chi connectivity index (χ4n) is 1.66. The largest absolute Gasteiger partial charge is 0.519 e. The highest BCUT2D eigenvalue weighted by molar-refractivity contribution is 14.1. The fourth-order valence-corrected chi connectivity index (χ4v) is 2.59. The number of rotatable bonds is 4. The SMILES string of the molecule is COc1ccc(I)cc1OC(=O)Oc1cc(I)ccc1OC. The average Bonchev–Trinajstić information content (AvgIpc) is 2.47. The lowest BCUT2D eigenvalue weighted by Gasteiger charge is -2.11. The summed E-state index contributed by atoms with van der Waals surface area (Å²) < 4.78 is 22.6. The molecule has 0 spiro atoms. The van der Waals surface area contributed by atoms with Crippen LogP contribution in [0.5, 0.6) is 23.0 Å². The summed E-state index contributed by atoms with van der Waals surface area (Å²) in [4.78, 5) is 12.0. The predicted octanol–water partition coefficient (Wildman–Crippen LogP) is 4.49. The van der Waals surface area contributed by atoms with Gasteiger partial charge in [0, 0.05) is 7.14 Å². The molecule has 116 valence electrons. The van der Waals surface area contributed by atoms with Gasteiger partial charge in [0.05, 0.1) is 14.2 Å². The molecule has 0 unspecified atom stereocenters. The minimum atomic E-state index is -0.861. The summed E-state index contributed by atoms with van der Waals surface area (Å²) in [5.41, 5.74) is 0. The maximum atomic E-state index is 12.0. The van der Waals surface area contributed by atoms with Gasteiger partial charge in [-0.2, -0.15) is 0 Å². The Morgan fingerprint density at radius 2 is 1.18 bits per heavy atom. The number of ether oxygens (including phenoxy) is 4. The monoisotopic (exact) mass is 526 g/mol. The van der Waals surface area contributed by atoms with Gasteiger partial charge in [-0.3, -0.25) is 0 Å². The van der Waals surface area contributed by atoms with E-state index < -0.39 is 6.16 Å². The molecule has 0 saturated carbocycles. The molecule has 0 fully saturated rings. The van der Waals surface area contributed by atoms with Crippen molar-refractivity contribution in [2.24, 2.45) is 0 Å². The molecule has 2 rings (SSSR count). The van der Waals surface area contributed by atoms with E-state index in [1.165, 1.54) is 14.2 Å². The Hall–Kier alpha value is -1.23. The Morgan fingerprint density at radius 3 is 1.55 bits per heavy atom. The smallest absolute Gasteiger partial charge is 0.493 e. The second-order valence-corrected chi connectivity index (χ2v) is 6.54. The summed E-state index contributed by atoms with van der Waals surface area (Å²) in [5.74, 6) is 1.49. The third-order valence-electron chi connectivity index (χ3n) is 2.64. The van der Waals surface area contributed by atoms with Gasteiger partial charge in [-0.05, 0) is 81.6 Å². The lowest BCUT2D eigenvalue weighted by atomic mass is 10.3. The van der Waals surface area contributed by atoms with E-state index in [2.05, 4.69) is 45.2 Å². The zero-order valence-corrected chi connectivity index (χ0v) is 16.1. The summed E-state index contributed by atoms with van der Waals surface area (Å²) in [5, 5.41) is 0. The van der Waals surface area contributed by atoms with Crippen molar-refractivity contribution in [3.8, 4) is 23.0 Å². The molecule has 0 amide bonds. The molecule has 0 N–H and O–H groups in total. The van der Waals surface area contributed by atoms with E-state index in [0.29, 0.717) is 23.0 Å². The van der Waals surface area contributed by atoms with Crippen LogP contribution in [0.3, 0.4) is 0 Å². The second-order valence-electron chi connectivity index (χ2n) is 4.04. The highest BCUT2D eigenvalue weighted by atomic mass is 127. The molecule has 0 bridgehead atoms. The van der Waals surface area contributed by atoms with Crippen LogP contribution in [0.4, 0.5) is 4.79 Å². The standard InChI is InChI=1S/C15H12I2O5/c1-19-11-5-3-9(16)7-13(11)21-15(18)22-14-8-10(17)4-6-12(14)20-2/h3-8H,1-2H3. The van der Waals surface area contributed by atoms with E-state index in [1.54, 1.807) is 24.3 Å². The van der Waals surface area contributed by atoms with E-state index in [4.69, 9.17) is 18.9 Å². The fraction of sp³-hybridized carbons (Fsp3) is 0.133. The normalized spacial score (nSPS) is 10.0. The number of hydrogen-bond acceptors (Lipinski definition) is 5. The topological polar surface area (TPSA) is 54.0 Å². The Balaban J connectivity index is 2.17. The number of benzene rings is 2. The van der Waals surface area contributed by atoms with Crippen molar-refractivity contribution in [1.82, 2.24) is 0 Å². The second kappa shape index (κ2) is 7.86. The number of hydrogen-bond donors (Lipinski definition) is 0. The van der Waals surface area contributed by atoms with Crippen molar-refractivity contribution in [2.45, 2.75) is 0 Å². The molecule has 7 heteroatoms. The third kappa shape index (κ3) is 4.38. The zero-order chi connectivity index (χ0) is 16.1. The van der Waals surface area contributed by atoms with Crippen LogP contribution in [0.15, 0.2) is 36.4 Å². The Labute approximate surface area is 155 Å². The van der Waals surface area contributed by atoms with Gasteiger partial charge < -0.3 is 18.9 Å². The van der Waals surface area contributed by atoms with Gasteiger partial charge in [0.1, 0.15) is 0 Å². The van der Waals surface area contributed by atoms with Gasteiger partial charge in [0.25, 0.3) is 0 Å². The number of halogens is 2. The maximum Gasteiger partial charge on any atom is 0.519 e. The van der Waals surface area contributed by atoms with E-state index in [0.717, 1.165) is 7.14 Å². The van der Waals surface area contributed by atoms with Gasteiger partial charge in [0.15, 0.2) is 23.0 Å². The minimum Gasteiger partial charge on any atom is -0.493 e. The molecular weight excluding hydrogens is 514 g/mol. The van der Waals surface area contributed by atoms with Crippen LogP contribution in [-0.2, 0) is 0 Å². The number of methoxy groups -OCH3 is 2. The molecule has 2 aromatic carbocycles.